The molecule has 1 heterocycles. The quantitative estimate of drug-likeness (QED) is 0.391. The largest absolute Gasteiger partial charge is 0.497 e. The molecule has 2 amide bonds. The Bertz CT molecular complexity index is 1100. The molecule has 0 unspecified atom stereocenters. The van der Waals surface area contributed by atoms with Crippen LogP contribution in [0.25, 0.3) is 0 Å². The number of hydrogen-bond acceptors (Lipinski definition) is 5. The molecule has 35 heavy (non-hydrogen) atoms. The average molecular weight is 479 g/mol. The van der Waals surface area contributed by atoms with Crippen LogP contribution in [-0.2, 0) is 17.9 Å². The van der Waals surface area contributed by atoms with Crippen molar-refractivity contribution in [2.75, 3.05) is 27.3 Å². The molecular formula is C28H34N2O5. The van der Waals surface area contributed by atoms with E-state index in [0.29, 0.717) is 42.5 Å². The molecule has 2 aromatic carbocycles. The van der Waals surface area contributed by atoms with Gasteiger partial charge in [-0.3, -0.25) is 9.59 Å². The van der Waals surface area contributed by atoms with Crippen LogP contribution in [0, 0.1) is 12.8 Å². The molecule has 0 saturated carbocycles. The normalized spacial score (nSPS) is 10.8. The zero-order chi connectivity index (χ0) is 25.4. The fourth-order valence-electron chi connectivity index (χ4n) is 3.83. The number of benzene rings is 2. The molecule has 0 bridgehead atoms. The van der Waals surface area contributed by atoms with Gasteiger partial charge in [0.25, 0.3) is 5.91 Å². The van der Waals surface area contributed by atoms with Crippen LogP contribution in [0.15, 0.2) is 65.1 Å². The minimum atomic E-state index is -0.252. The van der Waals surface area contributed by atoms with Crippen molar-refractivity contribution in [3.05, 3.63) is 83.3 Å². The Kier molecular flexibility index (Phi) is 8.95. The number of carbonyl (C=O) groups excluding carboxylic acids is 2. The van der Waals surface area contributed by atoms with Crippen molar-refractivity contribution in [1.29, 1.82) is 0 Å². The minimum absolute atomic E-state index is 0.0525. The van der Waals surface area contributed by atoms with Crippen molar-refractivity contribution in [2.24, 2.45) is 5.92 Å². The van der Waals surface area contributed by atoms with E-state index in [0.717, 1.165) is 11.3 Å². The Morgan fingerprint density at radius 1 is 0.886 bits per heavy atom. The van der Waals surface area contributed by atoms with Gasteiger partial charge < -0.3 is 23.7 Å². The van der Waals surface area contributed by atoms with Crippen molar-refractivity contribution in [2.45, 2.75) is 33.9 Å². The van der Waals surface area contributed by atoms with Crippen LogP contribution in [0.5, 0.6) is 11.5 Å². The Morgan fingerprint density at radius 3 is 2.09 bits per heavy atom. The molecule has 0 aliphatic carbocycles. The first-order valence-electron chi connectivity index (χ1n) is 11.7. The van der Waals surface area contributed by atoms with Gasteiger partial charge in [-0.1, -0.05) is 44.2 Å². The third kappa shape index (κ3) is 7.37. The lowest BCUT2D eigenvalue weighted by Gasteiger charge is -2.28. The first-order valence-corrected chi connectivity index (χ1v) is 11.7. The maximum atomic E-state index is 13.6. The fourth-order valence-corrected chi connectivity index (χ4v) is 3.83. The minimum Gasteiger partial charge on any atom is -0.497 e. The van der Waals surface area contributed by atoms with E-state index in [-0.39, 0.29) is 24.3 Å². The van der Waals surface area contributed by atoms with E-state index < -0.39 is 0 Å². The highest BCUT2D eigenvalue weighted by Crippen LogP contribution is 2.24. The topological polar surface area (TPSA) is 72.2 Å². The summed E-state index contributed by atoms with van der Waals surface area (Å²) < 4.78 is 16.4. The van der Waals surface area contributed by atoms with Gasteiger partial charge in [0.2, 0.25) is 5.91 Å². The number of aryl methyl sites for hydroxylation is 1. The molecule has 0 fully saturated rings. The van der Waals surface area contributed by atoms with Crippen LogP contribution in [0.1, 0.15) is 41.3 Å². The summed E-state index contributed by atoms with van der Waals surface area (Å²) in [5, 5.41) is 0. The molecule has 7 heteroatoms. The second-order valence-electron chi connectivity index (χ2n) is 8.93. The van der Waals surface area contributed by atoms with E-state index in [1.54, 1.807) is 28.0 Å². The summed E-state index contributed by atoms with van der Waals surface area (Å²) in [4.78, 5) is 30.4. The molecule has 186 valence electrons. The lowest BCUT2D eigenvalue weighted by Crippen LogP contribution is -2.43. The van der Waals surface area contributed by atoms with Gasteiger partial charge in [-0.2, -0.15) is 0 Å². The maximum Gasteiger partial charge on any atom is 0.254 e. The van der Waals surface area contributed by atoms with Gasteiger partial charge in [-0.15, -0.1) is 0 Å². The highest BCUT2D eigenvalue weighted by Gasteiger charge is 2.25. The van der Waals surface area contributed by atoms with E-state index in [9.17, 15) is 9.59 Å². The standard InChI is InChI=1S/C28H34N2O5/c1-20(2)16-30(28(32)23-13-25(33-4)15-26(14-23)34-5)19-27(31)29(17-22-9-7-6-8-10-22)18-24-12-11-21(3)35-24/h6-15,20H,16-19H2,1-5H3. The summed E-state index contributed by atoms with van der Waals surface area (Å²) in [7, 11) is 3.08. The Labute approximate surface area is 207 Å². The van der Waals surface area contributed by atoms with Crippen molar-refractivity contribution in [3.63, 3.8) is 0 Å². The number of hydrogen-bond donors (Lipinski definition) is 0. The first kappa shape index (κ1) is 25.9. The van der Waals surface area contributed by atoms with Gasteiger partial charge in [-0.05, 0) is 42.7 Å². The number of methoxy groups -OCH3 is 2. The van der Waals surface area contributed by atoms with Crippen molar-refractivity contribution < 1.29 is 23.5 Å². The van der Waals surface area contributed by atoms with Gasteiger partial charge in [0.05, 0.1) is 20.8 Å². The number of ether oxygens (including phenoxy) is 2. The molecule has 1 aromatic heterocycles. The summed E-state index contributed by atoms with van der Waals surface area (Å²) >= 11 is 0. The highest BCUT2D eigenvalue weighted by atomic mass is 16.5. The average Bonchev–Trinajstić information content (AvgIpc) is 3.27. The molecule has 3 rings (SSSR count). The Balaban J connectivity index is 1.86. The lowest BCUT2D eigenvalue weighted by molar-refractivity contribution is -0.133. The van der Waals surface area contributed by atoms with E-state index >= 15 is 0 Å². The Hall–Kier alpha value is -3.74. The van der Waals surface area contributed by atoms with Crippen LogP contribution >= 0.6 is 0 Å². The van der Waals surface area contributed by atoms with Gasteiger partial charge in [-0.25, -0.2) is 0 Å². The van der Waals surface area contributed by atoms with Crippen LogP contribution < -0.4 is 9.47 Å². The first-order chi connectivity index (χ1) is 16.8. The van der Waals surface area contributed by atoms with E-state index in [2.05, 4.69) is 0 Å². The zero-order valence-electron chi connectivity index (χ0n) is 21.1. The maximum absolute atomic E-state index is 13.6. The van der Waals surface area contributed by atoms with Crippen LogP contribution in [0.3, 0.4) is 0 Å². The molecule has 0 spiro atoms. The monoisotopic (exact) mass is 478 g/mol. The van der Waals surface area contributed by atoms with Gasteiger partial charge in [0, 0.05) is 24.7 Å². The third-order valence-corrected chi connectivity index (χ3v) is 5.51. The highest BCUT2D eigenvalue weighted by molar-refractivity contribution is 5.97. The van der Waals surface area contributed by atoms with Crippen molar-refractivity contribution >= 4 is 11.8 Å². The molecule has 0 atom stereocenters. The van der Waals surface area contributed by atoms with Gasteiger partial charge in [0.15, 0.2) is 0 Å². The van der Waals surface area contributed by atoms with E-state index in [1.807, 2.05) is 63.2 Å². The third-order valence-electron chi connectivity index (χ3n) is 5.51. The molecule has 0 N–H and O–H groups in total. The Morgan fingerprint density at radius 2 is 1.54 bits per heavy atom. The second-order valence-corrected chi connectivity index (χ2v) is 8.93. The summed E-state index contributed by atoms with van der Waals surface area (Å²) in [6.07, 6.45) is 0. The predicted molar refractivity (Wildman–Crippen MR) is 134 cm³/mol. The summed E-state index contributed by atoms with van der Waals surface area (Å²) in [5.41, 5.74) is 1.41. The van der Waals surface area contributed by atoms with Gasteiger partial charge in [0.1, 0.15) is 29.6 Å². The van der Waals surface area contributed by atoms with Crippen molar-refractivity contribution in [3.8, 4) is 11.5 Å². The lowest BCUT2D eigenvalue weighted by atomic mass is 10.1. The van der Waals surface area contributed by atoms with Crippen LogP contribution in [-0.4, -0.2) is 48.9 Å². The number of furan rings is 1. The van der Waals surface area contributed by atoms with E-state index in [1.165, 1.54) is 14.2 Å². The second kappa shape index (κ2) is 12.1. The zero-order valence-corrected chi connectivity index (χ0v) is 21.1. The molecular weight excluding hydrogens is 444 g/mol. The number of rotatable bonds is 11. The summed E-state index contributed by atoms with van der Waals surface area (Å²) in [6.45, 7) is 7.02. The molecule has 0 aliphatic rings. The van der Waals surface area contributed by atoms with E-state index in [4.69, 9.17) is 13.9 Å². The summed E-state index contributed by atoms with van der Waals surface area (Å²) in [6, 6.07) is 18.6. The molecule has 7 nitrogen and oxygen atoms in total. The molecule has 3 aromatic rings. The number of nitrogens with zero attached hydrogens (tertiary/aromatic N) is 2. The fraction of sp³-hybridized carbons (Fsp3) is 0.357. The van der Waals surface area contributed by atoms with Crippen molar-refractivity contribution in [1.82, 2.24) is 9.80 Å². The summed E-state index contributed by atoms with van der Waals surface area (Å²) in [5.74, 6) is 2.28. The molecule has 0 saturated heterocycles. The van der Waals surface area contributed by atoms with Crippen LogP contribution in [0.2, 0.25) is 0 Å². The smallest absolute Gasteiger partial charge is 0.254 e. The molecule has 0 radical (unpaired) electrons. The predicted octanol–water partition coefficient (Wildman–Crippen LogP) is 4.93. The van der Waals surface area contributed by atoms with Crippen LogP contribution in [0.4, 0.5) is 0 Å². The number of amides is 2. The number of carbonyl (C=O) groups is 2. The van der Waals surface area contributed by atoms with Gasteiger partial charge >= 0.3 is 0 Å². The SMILES string of the molecule is COc1cc(OC)cc(C(=O)N(CC(=O)N(Cc2ccccc2)Cc2ccc(C)o2)CC(C)C)c1. The molecule has 0 aliphatic heterocycles.